The van der Waals surface area contributed by atoms with Crippen molar-refractivity contribution < 1.29 is 14.0 Å². The first-order chi connectivity index (χ1) is 12.0. The molecular weight excluding hydrogens is 324 g/mol. The van der Waals surface area contributed by atoms with Crippen LogP contribution in [0.1, 0.15) is 22.5 Å². The topological polar surface area (TPSA) is 110 Å². The van der Waals surface area contributed by atoms with Crippen LogP contribution in [0, 0.1) is 24.2 Å². The number of fused-ring (bicyclic) bond motifs is 1. The Labute approximate surface area is 141 Å². The number of carbonyl (C=O) groups excluding carboxylic acids is 2. The second kappa shape index (κ2) is 6.57. The molecule has 3 aromatic rings. The molecular formula is C17H14N4O4. The van der Waals surface area contributed by atoms with Crippen LogP contribution in [0.4, 0.5) is 0 Å². The molecule has 1 atom stereocenters. The molecule has 0 radical (unpaired) electrons. The highest BCUT2D eigenvalue weighted by molar-refractivity contribution is 6.12. The monoisotopic (exact) mass is 338 g/mol. The summed E-state index contributed by atoms with van der Waals surface area (Å²) in [5, 5.41) is 13.3. The van der Waals surface area contributed by atoms with Crippen LogP contribution < -0.4 is 5.69 Å². The van der Waals surface area contributed by atoms with Crippen molar-refractivity contribution in [2.24, 2.45) is 5.92 Å². The number of pyridine rings is 1. The first-order valence-corrected chi connectivity index (χ1v) is 7.57. The Balaban J connectivity index is 1.75. The van der Waals surface area contributed by atoms with Crippen LogP contribution in [-0.2, 0) is 11.3 Å². The summed E-state index contributed by atoms with van der Waals surface area (Å²) in [5.74, 6) is -2.70. The van der Waals surface area contributed by atoms with Gasteiger partial charge in [-0.2, -0.15) is 5.26 Å². The van der Waals surface area contributed by atoms with Gasteiger partial charge in [-0.25, -0.2) is 9.48 Å². The number of Topliss-reactive ketones (excluding diaryl/α,β-unsaturated/α-hetero) is 2. The largest absolute Gasteiger partial charge is 0.461 e. The van der Waals surface area contributed by atoms with E-state index < -0.39 is 17.5 Å². The fraction of sp³-hybridized carbons (Fsp3) is 0.235. The summed E-state index contributed by atoms with van der Waals surface area (Å²) < 4.78 is 7.55. The summed E-state index contributed by atoms with van der Waals surface area (Å²) in [6.07, 6.45) is 2.75. The molecule has 0 aliphatic heterocycles. The standard InChI is InChI=1S/C17H14N4O4/c1-11-6-9-25-16(11)15(23)12(10-18)13(22)5-8-21-17(24)20-7-3-2-4-14(20)19-21/h2-4,6-7,9,12H,5,8H2,1H3. The van der Waals surface area contributed by atoms with Crippen molar-refractivity contribution in [3.8, 4) is 6.07 Å². The van der Waals surface area contributed by atoms with E-state index in [1.165, 1.54) is 10.7 Å². The molecule has 0 amide bonds. The predicted molar refractivity (Wildman–Crippen MR) is 86.0 cm³/mol. The molecule has 0 saturated heterocycles. The number of hydrogen-bond donors (Lipinski definition) is 0. The fourth-order valence-corrected chi connectivity index (χ4v) is 2.51. The average Bonchev–Trinajstić information content (AvgIpc) is 3.17. The lowest BCUT2D eigenvalue weighted by atomic mass is 9.95. The lowest BCUT2D eigenvalue weighted by Gasteiger charge is -2.06. The van der Waals surface area contributed by atoms with Gasteiger partial charge >= 0.3 is 5.69 Å². The Morgan fingerprint density at radius 2 is 2.16 bits per heavy atom. The molecule has 8 nitrogen and oxygen atoms in total. The molecule has 25 heavy (non-hydrogen) atoms. The predicted octanol–water partition coefficient (Wildman–Crippen LogP) is 1.38. The zero-order chi connectivity index (χ0) is 18.0. The van der Waals surface area contributed by atoms with Crippen LogP contribution in [0.5, 0.6) is 0 Å². The number of hydrogen-bond acceptors (Lipinski definition) is 6. The van der Waals surface area contributed by atoms with Gasteiger partial charge in [-0.05, 0) is 30.7 Å². The second-order valence-corrected chi connectivity index (χ2v) is 5.51. The third-order valence-electron chi connectivity index (χ3n) is 3.86. The smallest absolute Gasteiger partial charge is 0.350 e. The molecule has 0 aliphatic rings. The van der Waals surface area contributed by atoms with Gasteiger partial charge in [-0.1, -0.05) is 6.07 Å². The maximum atomic E-state index is 12.3. The Morgan fingerprint density at radius 1 is 1.36 bits per heavy atom. The number of ketones is 2. The lowest BCUT2D eigenvalue weighted by molar-refractivity contribution is -0.120. The van der Waals surface area contributed by atoms with Gasteiger partial charge in [-0.3, -0.25) is 14.0 Å². The van der Waals surface area contributed by atoms with E-state index in [0.29, 0.717) is 11.2 Å². The molecule has 0 fully saturated rings. The van der Waals surface area contributed by atoms with E-state index in [-0.39, 0.29) is 24.4 Å². The van der Waals surface area contributed by atoms with Crippen LogP contribution in [0.15, 0.2) is 45.9 Å². The molecule has 0 spiro atoms. The Hall–Kier alpha value is -3.47. The minimum atomic E-state index is -1.46. The Bertz CT molecular complexity index is 1050. The van der Waals surface area contributed by atoms with Crippen molar-refractivity contribution in [2.45, 2.75) is 19.9 Å². The Kier molecular flexibility index (Phi) is 4.31. The minimum absolute atomic E-state index is 0.00444. The third-order valence-corrected chi connectivity index (χ3v) is 3.86. The summed E-state index contributed by atoms with van der Waals surface area (Å²) >= 11 is 0. The highest BCUT2D eigenvalue weighted by Gasteiger charge is 2.30. The van der Waals surface area contributed by atoms with Gasteiger partial charge in [0.25, 0.3) is 0 Å². The van der Waals surface area contributed by atoms with Gasteiger partial charge in [-0.15, -0.1) is 5.10 Å². The molecule has 126 valence electrons. The lowest BCUT2D eigenvalue weighted by Crippen LogP contribution is -2.27. The maximum absolute atomic E-state index is 12.3. The second-order valence-electron chi connectivity index (χ2n) is 5.51. The van der Waals surface area contributed by atoms with E-state index in [9.17, 15) is 19.6 Å². The highest BCUT2D eigenvalue weighted by atomic mass is 16.3. The van der Waals surface area contributed by atoms with Crippen LogP contribution in [-0.4, -0.2) is 25.7 Å². The number of furan rings is 1. The summed E-state index contributed by atoms with van der Waals surface area (Å²) in [4.78, 5) is 36.7. The molecule has 3 rings (SSSR count). The van der Waals surface area contributed by atoms with E-state index in [1.54, 1.807) is 43.5 Å². The number of rotatable bonds is 6. The van der Waals surface area contributed by atoms with Crippen LogP contribution in [0.2, 0.25) is 0 Å². The van der Waals surface area contributed by atoms with Crippen molar-refractivity contribution in [2.75, 3.05) is 0 Å². The SMILES string of the molecule is Cc1ccoc1C(=O)C(C#N)C(=O)CCn1nc2ccccn2c1=O. The molecule has 0 bridgehead atoms. The third kappa shape index (κ3) is 2.99. The summed E-state index contributed by atoms with van der Waals surface area (Å²) in [6.45, 7) is 1.65. The van der Waals surface area contributed by atoms with E-state index in [0.717, 1.165) is 4.68 Å². The molecule has 0 aliphatic carbocycles. The fourth-order valence-electron chi connectivity index (χ4n) is 2.51. The van der Waals surface area contributed by atoms with E-state index >= 15 is 0 Å². The minimum Gasteiger partial charge on any atom is -0.461 e. The zero-order valence-electron chi connectivity index (χ0n) is 13.4. The summed E-state index contributed by atoms with van der Waals surface area (Å²) in [5.41, 5.74) is 0.638. The highest BCUT2D eigenvalue weighted by Crippen LogP contribution is 2.16. The van der Waals surface area contributed by atoms with Gasteiger partial charge in [0.2, 0.25) is 5.78 Å². The maximum Gasteiger partial charge on any atom is 0.350 e. The first-order valence-electron chi connectivity index (χ1n) is 7.57. The molecule has 3 heterocycles. The van der Waals surface area contributed by atoms with Crippen molar-refractivity contribution in [3.63, 3.8) is 0 Å². The van der Waals surface area contributed by atoms with Crippen LogP contribution >= 0.6 is 0 Å². The molecule has 0 saturated carbocycles. The number of aromatic nitrogens is 3. The van der Waals surface area contributed by atoms with Crippen molar-refractivity contribution in [1.29, 1.82) is 5.26 Å². The molecule has 0 N–H and O–H groups in total. The van der Waals surface area contributed by atoms with E-state index in [4.69, 9.17) is 4.42 Å². The summed E-state index contributed by atoms with van der Waals surface area (Å²) in [6, 6.07) is 8.42. The summed E-state index contributed by atoms with van der Waals surface area (Å²) in [7, 11) is 0. The van der Waals surface area contributed by atoms with Gasteiger partial charge in [0.05, 0.1) is 18.9 Å². The number of aryl methyl sites for hydroxylation is 2. The normalized spacial score (nSPS) is 12.0. The molecule has 1 unspecified atom stereocenters. The van der Waals surface area contributed by atoms with Gasteiger partial charge in [0, 0.05) is 12.6 Å². The Morgan fingerprint density at radius 3 is 2.80 bits per heavy atom. The van der Waals surface area contributed by atoms with Gasteiger partial charge in [0.15, 0.2) is 23.1 Å². The van der Waals surface area contributed by atoms with Crippen LogP contribution in [0.3, 0.4) is 0 Å². The van der Waals surface area contributed by atoms with E-state index in [1.807, 2.05) is 0 Å². The number of nitrogens with zero attached hydrogens (tertiary/aromatic N) is 4. The van der Waals surface area contributed by atoms with Gasteiger partial charge in [0.1, 0.15) is 0 Å². The van der Waals surface area contributed by atoms with Crippen molar-refractivity contribution in [1.82, 2.24) is 14.2 Å². The zero-order valence-corrected chi connectivity index (χ0v) is 13.4. The van der Waals surface area contributed by atoms with Crippen molar-refractivity contribution in [3.05, 3.63) is 58.5 Å². The van der Waals surface area contributed by atoms with Crippen molar-refractivity contribution >= 4 is 17.2 Å². The number of nitriles is 1. The van der Waals surface area contributed by atoms with Gasteiger partial charge < -0.3 is 4.42 Å². The first kappa shape index (κ1) is 16.4. The van der Waals surface area contributed by atoms with Crippen LogP contribution in [0.25, 0.3) is 5.65 Å². The quantitative estimate of drug-likeness (QED) is 0.496. The number of carbonyl (C=O) groups is 2. The average molecular weight is 338 g/mol. The molecule has 8 heteroatoms. The van der Waals surface area contributed by atoms with E-state index in [2.05, 4.69) is 5.10 Å². The molecule has 0 aromatic carbocycles. The molecule has 3 aromatic heterocycles.